The molecule has 0 radical (unpaired) electrons. The maximum absolute atomic E-state index is 2.43. The zero-order chi connectivity index (χ0) is 25.6. The van der Waals surface area contributed by atoms with Gasteiger partial charge in [-0.25, -0.2) is 0 Å². The molecular weight excluding hydrogens is 497 g/mol. The van der Waals surface area contributed by atoms with E-state index in [4.69, 9.17) is 0 Å². The minimum Gasteiger partial charge on any atom is -0.134 e. The number of rotatable bonds is 4. The van der Waals surface area contributed by atoms with Crippen molar-refractivity contribution in [2.24, 2.45) is 0 Å². The normalized spacial score (nSPS) is 11.4. The van der Waals surface area contributed by atoms with E-state index in [2.05, 4.69) is 135 Å². The van der Waals surface area contributed by atoms with E-state index >= 15 is 0 Å². The molecule has 38 heavy (non-hydrogen) atoms. The largest absolute Gasteiger partial charge is 0.134 e. The molecule has 5 aromatic carbocycles. The van der Waals surface area contributed by atoms with Gasteiger partial charge in [-0.15, -0.1) is 22.7 Å². The van der Waals surface area contributed by atoms with Crippen LogP contribution >= 0.6 is 22.7 Å². The van der Waals surface area contributed by atoms with Gasteiger partial charge < -0.3 is 0 Å². The summed E-state index contributed by atoms with van der Waals surface area (Å²) >= 11 is 3.85. The number of hydrogen-bond acceptors (Lipinski definition) is 2. The molecular formula is C36H26S2. The summed E-state index contributed by atoms with van der Waals surface area (Å²) in [7, 11) is 0. The monoisotopic (exact) mass is 522 g/mol. The third-order valence-electron chi connectivity index (χ3n) is 7.40. The Hall–Kier alpha value is -3.98. The van der Waals surface area contributed by atoms with Gasteiger partial charge in [0.25, 0.3) is 0 Å². The molecule has 0 bridgehead atoms. The van der Waals surface area contributed by atoms with Crippen LogP contribution < -0.4 is 0 Å². The molecule has 0 aliphatic rings. The van der Waals surface area contributed by atoms with Crippen molar-refractivity contribution in [1.29, 1.82) is 0 Å². The lowest BCUT2D eigenvalue weighted by molar-refractivity contribution is 1.48. The van der Waals surface area contributed by atoms with Crippen LogP contribution in [0.1, 0.15) is 11.1 Å². The van der Waals surface area contributed by atoms with Crippen molar-refractivity contribution in [3.8, 4) is 43.1 Å². The highest BCUT2D eigenvalue weighted by atomic mass is 32.1. The van der Waals surface area contributed by atoms with E-state index in [1.807, 2.05) is 22.7 Å². The fourth-order valence-electron chi connectivity index (χ4n) is 5.51. The highest BCUT2D eigenvalue weighted by molar-refractivity contribution is 7.25. The Morgan fingerprint density at radius 3 is 1.18 bits per heavy atom. The lowest BCUT2D eigenvalue weighted by atomic mass is 9.91. The molecule has 0 saturated carbocycles. The molecule has 7 aromatic rings. The van der Waals surface area contributed by atoms with Gasteiger partial charge in [0.2, 0.25) is 0 Å². The Labute approximate surface area is 231 Å². The molecule has 2 aromatic heterocycles. The first kappa shape index (κ1) is 23.2. The third kappa shape index (κ3) is 3.80. The summed E-state index contributed by atoms with van der Waals surface area (Å²) in [5.41, 5.74) is 10.5. The van der Waals surface area contributed by atoms with Crippen LogP contribution in [-0.4, -0.2) is 0 Å². The quantitative estimate of drug-likeness (QED) is 0.216. The van der Waals surface area contributed by atoms with Gasteiger partial charge in [0.05, 0.1) is 0 Å². The summed E-state index contributed by atoms with van der Waals surface area (Å²) in [5.74, 6) is 0. The number of hydrogen-bond donors (Lipinski definition) is 0. The molecule has 7 rings (SSSR count). The highest BCUT2D eigenvalue weighted by Gasteiger charge is 2.23. The Kier molecular flexibility index (Phi) is 5.73. The number of benzene rings is 5. The molecule has 0 aliphatic heterocycles. The van der Waals surface area contributed by atoms with Gasteiger partial charge in [-0.1, -0.05) is 109 Å². The highest BCUT2D eigenvalue weighted by Crippen LogP contribution is 2.52. The van der Waals surface area contributed by atoms with E-state index in [-0.39, 0.29) is 0 Å². The van der Waals surface area contributed by atoms with E-state index in [1.165, 1.54) is 74.4 Å². The van der Waals surface area contributed by atoms with Crippen LogP contribution in [0.3, 0.4) is 0 Å². The standard InChI is InChI=1S/C36H26S2/c1-23-13-9-11-19-27(23)31-21-29-30-22-32(28-20-12-10-14-24(28)2)38-36(30)34(26-17-7-4-8-18-26)33(35(29)37-31)25-15-5-3-6-16-25/h3-22H,1-2H3. The Morgan fingerprint density at radius 2 is 0.789 bits per heavy atom. The molecule has 2 heterocycles. The Morgan fingerprint density at radius 1 is 0.421 bits per heavy atom. The first-order valence-electron chi connectivity index (χ1n) is 12.9. The molecule has 0 aliphatic carbocycles. The first-order chi connectivity index (χ1) is 18.7. The SMILES string of the molecule is Cc1ccccc1-c1cc2c(s1)c(-c1ccccc1)c(-c1ccccc1)c1sc(-c3ccccc3C)cc12. The zero-order valence-corrected chi connectivity index (χ0v) is 23.0. The van der Waals surface area contributed by atoms with Gasteiger partial charge in [0.1, 0.15) is 0 Å². The van der Waals surface area contributed by atoms with Crippen LogP contribution in [0.25, 0.3) is 63.3 Å². The van der Waals surface area contributed by atoms with E-state index < -0.39 is 0 Å². The van der Waals surface area contributed by atoms with Crippen molar-refractivity contribution >= 4 is 42.8 Å². The lowest BCUT2D eigenvalue weighted by Gasteiger charge is -2.14. The predicted octanol–water partition coefficient (Wildman–Crippen LogP) is 11.4. The number of thiophene rings is 2. The second kappa shape index (κ2) is 9.40. The summed E-state index contributed by atoms with van der Waals surface area (Å²) in [4.78, 5) is 2.65. The molecule has 0 fully saturated rings. The maximum Gasteiger partial charge on any atom is 0.0441 e. The fraction of sp³-hybridized carbons (Fsp3) is 0.0556. The Bertz CT molecular complexity index is 1780. The van der Waals surface area contributed by atoms with E-state index in [0.717, 1.165) is 0 Å². The van der Waals surface area contributed by atoms with Gasteiger partial charge >= 0.3 is 0 Å². The van der Waals surface area contributed by atoms with Crippen LogP contribution in [0, 0.1) is 13.8 Å². The van der Waals surface area contributed by atoms with E-state index in [1.54, 1.807) is 0 Å². The van der Waals surface area contributed by atoms with Gasteiger partial charge in [-0.05, 0) is 59.4 Å². The van der Waals surface area contributed by atoms with Crippen LogP contribution in [0.4, 0.5) is 0 Å². The molecule has 0 nitrogen and oxygen atoms in total. The van der Waals surface area contributed by atoms with Crippen LogP contribution in [0.2, 0.25) is 0 Å². The van der Waals surface area contributed by atoms with E-state index in [0.29, 0.717) is 0 Å². The molecule has 0 N–H and O–H groups in total. The molecule has 0 unspecified atom stereocenters. The second-order valence-corrected chi connectivity index (χ2v) is 11.9. The van der Waals surface area contributed by atoms with Crippen molar-refractivity contribution in [1.82, 2.24) is 0 Å². The second-order valence-electron chi connectivity index (χ2n) is 9.82. The number of aryl methyl sites for hydroxylation is 2. The van der Waals surface area contributed by atoms with Gasteiger partial charge in [0, 0.05) is 41.1 Å². The zero-order valence-electron chi connectivity index (χ0n) is 21.4. The Balaban J connectivity index is 1.66. The average molecular weight is 523 g/mol. The van der Waals surface area contributed by atoms with Gasteiger partial charge in [0.15, 0.2) is 0 Å². The summed E-state index contributed by atoms with van der Waals surface area (Å²) in [6.07, 6.45) is 0. The topological polar surface area (TPSA) is 0 Å². The average Bonchev–Trinajstić information content (AvgIpc) is 3.59. The van der Waals surface area contributed by atoms with Crippen LogP contribution in [-0.2, 0) is 0 Å². The van der Waals surface area contributed by atoms with Crippen molar-refractivity contribution in [3.05, 3.63) is 132 Å². The maximum atomic E-state index is 2.43. The van der Waals surface area contributed by atoms with Crippen molar-refractivity contribution in [2.75, 3.05) is 0 Å². The molecule has 0 spiro atoms. The van der Waals surface area contributed by atoms with E-state index in [9.17, 15) is 0 Å². The predicted molar refractivity (Wildman–Crippen MR) is 168 cm³/mol. The van der Waals surface area contributed by atoms with Crippen LogP contribution in [0.15, 0.2) is 121 Å². The number of fused-ring (bicyclic) bond motifs is 3. The summed E-state index contributed by atoms with van der Waals surface area (Å²) in [6.45, 7) is 4.42. The smallest absolute Gasteiger partial charge is 0.0441 e. The summed E-state index contributed by atoms with van der Waals surface area (Å²) < 4.78 is 2.71. The molecule has 0 amide bonds. The molecule has 0 atom stereocenters. The molecule has 182 valence electrons. The summed E-state index contributed by atoms with van der Waals surface area (Å²) in [5, 5.41) is 2.69. The molecule has 0 saturated heterocycles. The first-order valence-corrected chi connectivity index (χ1v) is 14.6. The van der Waals surface area contributed by atoms with Gasteiger partial charge in [-0.3, -0.25) is 0 Å². The van der Waals surface area contributed by atoms with Crippen molar-refractivity contribution < 1.29 is 0 Å². The fourth-order valence-corrected chi connectivity index (χ4v) is 8.18. The molecule has 2 heteroatoms. The minimum atomic E-state index is 1.27. The summed E-state index contributed by atoms with van der Waals surface area (Å²) in [6, 6.07) is 44.2. The lowest BCUT2D eigenvalue weighted by Crippen LogP contribution is -1.87. The van der Waals surface area contributed by atoms with Crippen molar-refractivity contribution in [3.63, 3.8) is 0 Å². The minimum absolute atomic E-state index is 1.27. The third-order valence-corrected chi connectivity index (χ3v) is 9.78. The van der Waals surface area contributed by atoms with Crippen LogP contribution in [0.5, 0.6) is 0 Å². The van der Waals surface area contributed by atoms with Crippen molar-refractivity contribution in [2.45, 2.75) is 13.8 Å². The van der Waals surface area contributed by atoms with Gasteiger partial charge in [-0.2, -0.15) is 0 Å².